The molecule has 0 aliphatic carbocycles. The van der Waals surface area contributed by atoms with Gasteiger partial charge in [0.1, 0.15) is 6.54 Å². The molecule has 0 rings (SSSR count). The summed E-state index contributed by atoms with van der Waals surface area (Å²) in [7, 11) is 0. The van der Waals surface area contributed by atoms with Crippen molar-refractivity contribution < 1.29 is 0 Å². The van der Waals surface area contributed by atoms with Gasteiger partial charge < -0.3 is 0 Å². The molecule has 0 amide bonds. The van der Waals surface area contributed by atoms with Crippen LogP contribution in [0.15, 0.2) is 16.6 Å². The summed E-state index contributed by atoms with van der Waals surface area (Å²) < 4.78 is 0. The van der Waals surface area contributed by atoms with Crippen LogP contribution in [0.3, 0.4) is 0 Å². The van der Waals surface area contributed by atoms with Crippen LogP contribution in [-0.2, 0) is 0 Å². The molecule has 0 aromatic carbocycles. The van der Waals surface area contributed by atoms with Gasteiger partial charge in [-0.3, -0.25) is 0 Å². The van der Waals surface area contributed by atoms with Crippen molar-refractivity contribution in [3.8, 4) is 0 Å². The first kappa shape index (κ1) is 7.57. The maximum Gasteiger partial charge on any atom is 0.188 e. The van der Waals surface area contributed by atoms with Crippen LogP contribution in [0.2, 0.25) is 0 Å². The van der Waals surface area contributed by atoms with Gasteiger partial charge in [0.05, 0.1) is 6.08 Å². The molecule has 0 saturated carbocycles. The average Bonchev–Trinajstić information content (AvgIpc) is 1.66. The van der Waals surface area contributed by atoms with Crippen molar-refractivity contribution in [3.63, 3.8) is 0 Å². The molecule has 0 atom stereocenters. The van der Waals surface area contributed by atoms with Crippen molar-refractivity contribution in [1.82, 2.24) is 0 Å². The van der Waals surface area contributed by atoms with Crippen molar-refractivity contribution in [1.29, 1.82) is 0 Å². The first-order valence-electron chi connectivity index (χ1n) is 2.36. The molecule has 0 saturated heterocycles. The van der Waals surface area contributed by atoms with Crippen molar-refractivity contribution >= 4 is 17.3 Å². The van der Waals surface area contributed by atoms with E-state index in [0.29, 0.717) is 0 Å². The zero-order valence-electron chi connectivity index (χ0n) is 5.06. The first-order valence-corrected chi connectivity index (χ1v) is 2.79. The van der Waals surface area contributed by atoms with E-state index in [-0.39, 0.29) is 0 Å². The lowest BCUT2D eigenvalue weighted by Gasteiger charge is -1.73. The average molecular weight is 131 g/mol. The molecule has 0 fully saturated rings. The van der Waals surface area contributed by atoms with Gasteiger partial charge in [0.25, 0.3) is 0 Å². The summed E-state index contributed by atoms with van der Waals surface area (Å²) in [5.74, 6) is 0. The Labute approximate surface area is 55.1 Å². The Balaban J connectivity index is 3.30. The molecule has 8 heavy (non-hydrogen) atoms. The molecule has 0 aliphatic rings. The number of hydrogen-bond acceptors (Lipinski definition) is 1. The second-order valence-corrected chi connectivity index (χ2v) is 1.83. The van der Waals surface area contributed by atoms with Crippen LogP contribution in [-0.4, -0.2) is 5.67 Å². The molecule has 0 radical (unpaired) electrons. The SMILES string of the molecule is CC(C)=C[CH+]N=CCl. The predicted octanol–water partition coefficient (Wildman–Crippen LogP) is 2.38. The highest BCUT2D eigenvalue weighted by molar-refractivity contribution is 6.56. The van der Waals surface area contributed by atoms with Gasteiger partial charge in [-0.15, -0.1) is 4.99 Å². The predicted molar refractivity (Wildman–Crippen MR) is 38.1 cm³/mol. The molecular formula is C6H9ClN+. The van der Waals surface area contributed by atoms with Gasteiger partial charge in [-0.05, 0) is 0 Å². The summed E-state index contributed by atoms with van der Waals surface area (Å²) in [4.78, 5) is 3.65. The summed E-state index contributed by atoms with van der Waals surface area (Å²) >= 11 is 5.13. The lowest BCUT2D eigenvalue weighted by Crippen LogP contribution is -1.64. The molecule has 2 heteroatoms. The zero-order chi connectivity index (χ0) is 6.41. The molecule has 0 N–H and O–H groups in total. The van der Waals surface area contributed by atoms with Crippen LogP contribution in [0.25, 0.3) is 0 Å². The normalized spacial score (nSPS) is 9.38. The van der Waals surface area contributed by atoms with Crippen molar-refractivity contribution in [3.05, 3.63) is 18.2 Å². The van der Waals surface area contributed by atoms with E-state index in [9.17, 15) is 0 Å². The van der Waals surface area contributed by atoms with Crippen LogP contribution in [0.4, 0.5) is 0 Å². The molecular weight excluding hydrogens is 122 g/mol. The Morgan fingerprint density at radius 2 is 2.25 bits per heavy atom. The smallest absolute Gasteiger partial charge is 0.124 e. The van der Waals surface area contributed by atoms with Gasteiger partial charge in [0, 0.05) is 31.0 Å². The number of halogens is 1. The van der Waals surface area contributed by atoms with E-state index in [2.05, 4.69) is 4.99 Å². The monoisotopic (exact) mass is 130 g/mol. The van der Waals surface area contributed by atoms with Crippen molar-refractivity contribution in [2.45, 2.75) is 13.8 Å². The molecule has 44 valence electrons. The van der Waals surface area contributed by atoms with Gasteiger partial charge in [-0.25, -0.2) is 0 Å². The number of nitrogens with zero attached hydrogens (tertiary/aromatic N) is 1. The van der Waals surface area contributed by atoms with E-state index in [1.165, 1.54) is 11.2 Å². The highest BCUT2D eigenvalue weighted by Crippen LogP contribution is 1.91. The fourth-order valence-corrected chi connectivity index (χ4v) is 0.290. The van der Waals surface area contributed by atoms with E-state index >= 15 is 0 Å². The van der Waals surface area contributed by atoms with E-state index in [1.807, 2.05) is 19.9 Å². The third-order valence-electron chi connectivity index (χ3n) is 0.550. The maximum absolute atomic E-state index is 5.13. The third kappa shape index (κ3) is 5.57. The van der Waals surface area contributed by atoms with Gasteiger partial charge in [0.15, 0.2) is 5.67 Å². The minimum absolute atomic E-state index is 1.22. The first-order chi connectivity index (χ1) is 3.77. The number of aliphatic imine (C=N–C) groups is 1. The molecule has 1 nitrogen and oxygen atoms in total. The highest BCUT2D eigenvalue weighted by Gasteiger charge is 1.81. The van der Waals surface area contributed by atoms with E-state index < -0.39 is 0 Å². The topological polar surface area (TPSA) is 12.4 Å². The summed E-state index contributed by atoms with van der Waals surface area (Å²) in [5, 5.41) is 0. The van der Waals surface area contributed by atoms with Crippen LogP contribution in [0.5, 0.6) is 0 Å². The van der Waals surface area contributed by atoms with Gasteiger partial charge in [0.2, 0.25) is 0 Å². The summed E-state index contributed by atoms with van der Waals surface area (Å²) in [5.41, 5.74) is 2.45. The van der Waals surface area contributed by atoms with Crippen LogP contribution >= 0.6 is 11.6 Å². The Bertz CT molecular complexity index is 101. The van der Waals surface area contributed by atoms with E-state index in [4.69, 9.17) is 11.6 Å². The van der Waals surface area contributed by atoms with Gasteiger partial charge in [-0.1, -0.05) is 0 Å². The molecule has 0 spiro atoms. The third-order valence-corrected chi connectivity index (χ3v) is 0.663. The van der Waals surface area contributed by atoms with Crippen LogP contribution in [0, 0.1) is 6.54 Å². The van der Waals surface area contributed by atoms with Crippen LogP contribution < -0.4 is 0 Å². The summed E-state index contributed by atoms with van der Waals surface area (Å²) in [6.07, 6.45) is 1.89. The van der Waals surface area contributed by atoms with Crippen molar-refractivity contribution in [2.24, 2.45) is 4.99 Å². The largest absolute Gasteiger partial charge is 0.188 e. The molecule has 0 unspecified atom stereocenters. The highest BCUT2D eigenvalue weighted by atomic mass is 35.5. The Kier molecular flexibility index (Phi) is 4.47. The molecule has 0 heterocycles. The fourth-order valence-electron chi connectivity index (χ4n) is 0.225. The number of rotatable bonds is 2. The summed E-state index contributed by atoms with van der Waals surface area (Å²) in [6, 6.07) is 0. The minimum Gasteiger partial charge on any atom is -0.124 e. The fraction of sp³-hybridized carbons (Fsp3) is 0.333. The Morgan fingerprint density at radius 3 is 2.62 bits per heavy atom. The quantitative estimate of drug-likeness (QED) is 0.402. The standard InChI is InChI=1S/C6H9ClN/c1-6(2)3-4-8-5-7/h3-5H,1-2H3/q+1. The van der Waals surface area contributed by atoms with E-state index in [1.54, 1.807) is 6.54 Å². The Hall–Kier alpha value is -0.430. The van der Waals surface area contributed by atoms with E-state index in [0.717, 1.165) is 0 Å². The number of hydrogen-bond donors (Lipinski definition) is 0. The molecule has 0 aromatic heterocycles. The van der Waals surface area contributed by atoms with Crippen molar-refractivity contribution in [2.75, 3.05) is 0 Å². The lowest BCUT2D eigenvalue weighted by atomic mass is 10.3. The maximum atomic E-state index is 5.13. The molecule has 0 bridgehead atoms. The number of allylic oxidation sites excluding steroid dienone is 1. The summed E-state index contributed by atoms with van der Waals surface area (Å²) in [6.45, 7) is 5.66. The lowest BCUT2D eigenvalue weighted by molar-refractivity contribution is 1.33. The second-order valence-electron chi connectivity index (χ2n) is 1.64. The van der Waals surface area contributed by atoms with Crippen LogP contribution in [0.1, 0.15) is 13.8 Å². The minimum atomic E-state index is 1.22. The zero-order valence-corrected chi connectivity index (χ0v) is 5.81. The second kappa shape index (κ2) is 4.72. The molecule has 0 aliphatic heterocycles. The van der Waals surface area contributed by atoms with Gasteiger partial charge >= 0.3 is 0 Å². The molecule has 0 aromatic rings. The Morgan fingerprint density at radius 1 is 1.62 bits per heavy atom. The van der Waals surface area contributed by atoms with Gasteiger partial charge in [-0.2, -0.15) is 0 Å².